The highest BCUT2D eigenvalue weighted by Gasteiger charge is 2.23. The average Bonchev–Trinajstić information content (AvgIpc) is 3.18. The summed E-state index contributed by atoms with van der Waals surface area (Å²) in [7, 11) is 0. The van der Waals surface area contributed by atoms with Crippen molar-refractivity contribution in [3.05, 3.63) is 88.5 Å². The SMILES string of the molecule is N=c1n(CCCOc2ccc(Cl)cc2Cl)c2ccccc2n1CC(=O)N1CCN(c2ccccc2)CC1. The number of nitrogens with one attached hydrogen (secondary N) is 1. The van der Waals surface area contributed by atoms with Crippen molar-refractivity contribution in [2.75, 3.05) is 37.7 Å². The van der Waals surface area contributed by atoms with E-state index in [2.05, 4.69) is 17.0 Å². The number of aryl methyl sites for hydroxylation is 1. The molecule has 37 heavy (non-hydrogen) atoms. The molecule has 0 unspecified atom stereocenters. The zero-order valence-corrected chi connectivity index (χ0v) is 22.0. The van der Waals surface area contributed by atoms with Gasteiger partial charge in [-0.25, -0.2) is 0 Å². The van der Waals surface area contributed by atoms with Gasteiger partial charge in [0, 0.05) is 43.4 Å². The molecule has 0 spiro atoms. The van der Waals surface area contributed by atoms with E-state index in [1.54, 1.807) is 22.8 Å². The predicted molar refractivity (Wildman–Crippen MR) is 148 cm³/mol. The number of aromatic nitrogens is 2. The number of carbonyl (C=O) groups is 1. The molecule has 0 saturated carbocycles. The molecule has 1 saturated heterocycles. The Labute approximate surface area is 225 Å². The van der Waals surface area contributed by atoms with Gasteiger partial charge in [-0.15, -0.1) is 0 Å². The maximum atomic E-state index is 13.2. The molecule has 1 aliphatic rings. The number of piperazine rings is 1. The van der Waals surface area contributed by atoms with Gasteiger partial charge in [0.15, 0.2) is 0 Å². The molecule has 1 fully saturated rings. The van der Waals surface area contributed by atoms with E-state index in [0.29, 0.717) is 54.1 Å². The molecular weight excluding hydrogens is 509 g/mol. The summed E-state index contributed by atoms with van der Waals surface area (Å²) in [5.74, 6) is 0.623. The van der Waals surface area contributed by atoms with Crippen molar-refractivity contribution < 1.29 is 9.53 Å². The number of hydrogen-bond donors (Lipinski definition) is 1. The maximum absolute atomic E-state index is 13.2. The molecule has 5 rings (SSSR count). The minimum atomic E-state index is 0.0369. The number of amides is 1. The van der Waals surface area contributed by atoms with Crippen molar-refractivity contribution in [2.45, 2.75) is 19.5 Å². The number of halogens is 2. The number of benzene rings is 3. The van der Waals surface area contributed by atoms with Gasteiger partial charge < -0.3 is 23.7 Å². The van der Waals surface area contributed by atoms with Gasteiger partial charge in [-0.1, -0.05) is 53.5 Å². The largest absolute Gasteiger partial charge is 0.492 e. The summed E-state index contributed by atoms with van der Waals surface area (Å²) < 4.78 is 9.56. The van der Waals surface area contributed by atoms with Crippen LogP contribution in [0.3, 0.4) is 0 Å². The molecule has 7 nitrogen and oxygen atoms in total. The molecule has 9 heteroatoms. The lowest BCUT2D eigenvalue weighted by atomic mass is 10.2. The molecule has 1 N–H and O–H groups in total. The summed E-state index contributed by atoms with van der Waals surface area (Å²) in [6, 6.07) is 23.3. The van der Waals surface area contributed by atoms with Crippen LogP contribution in [0.1, 0.15) is 6.42 Å². The zero-order valence-electron chi connectivity index (χ0n) is 20.4. The number of fused-ring (bicyclic) bond motifs is 1. The number of carbonyl (C=O) groups excluding carboxylic acids is 1. The summed E-state index contributed by atoms with van der Waals surface area (Å²) in [6.07, 6.45) is 0.679. The Kier molecular flexibility index (Phi) is 7.72. The highest BCUT2D eigenvalue weighted by molar-refractivity contribution is 6.35. The minimum absolute atomic E-state index is 0.0369. The van der Waals surface area contributed by atoms with Gasteiger partial charge >= 0.3 is 0 Å². The Hall–Kier alpha value is -3.42. The third kappa shape index (κ3) is 5.63. The topological polar surface area (TPSA) is 66.5 Å². The Balaban J connectivity index is 1.24. The highest BCUT2D eigenvalue weighted by atomic mass is 35.5. The van der Waals surface area contributed by atoms with Gasteiger partial charge in [0.2, 0.25) is 11.5 Å². The quantitative estimate of drug-likeness (QED) is 0.320. The number of anilines is 1. The number of hydrogen-bond acceptors (Lipinski definition) is 4. The van der Waals surface area contributed by atoms with Crippen LogP contribution in [0.2, 0.25) is 10.0 Å². The van der Waals surface area contributed by atoms with E-state index in [1.807, 2.05) is 51.9 Å². The van der Waals surface area contributed by atoms with Crippen LogP contribution in [-0.4, -0.2) is 52.7 Å². The van der Waals surface area contributed by atoms with Gasteiger partial charge in [0.05, 0.1) is 22.7 Å². The Morgan fingerprint density at radius 3 is 2.24 bits per heavy atom. The van der Waals surface area contributed by atoms with Crippen molar-refractivity contribution in [1.82, 2.24) is 14.0 Å². The summed E-state index contributed by atoms with van der Waals surface area (Å²) >= 11 is 12.2. The van der Waals surface area contributed by atoms with Crippen LogP contribution in [0.4, 0.5) is 5.69 Å². The Morgan fingerprint density at radius 2 is 1.54 bits per heavy atom. The van der Waals surface area contributed by atoms with Crippen LogP contribution in [0.15, 0.2) is 72.8 Å². The first-order valence-electron chi connectivity index (χ1n) is 12.4. The van der Waals surface area contributed by atoms with Gasteiger partial charge in [-0.05, 0) is 48.9 Å². The van der Waals surface area contributed by atoms with Gasteiger partial charge in [-0.2, -0.15) is 0 Å². The third-order valence-electron chi connectivity index (χ3n) is 6.70. The maximum Gasteiger partial charge on any atom is 0.242 e. The fourth-order valence-corrected chi connectivity index (χ4v) is 5.23. The summed E-state index contributed by atoms with van der Waals surface area (Å²) in [4.78, 5) is 17.4. The number of ether oxygens (including phenoxy) is 1. The second-order valence-electron chi connectivity index (χ2n) is 9.03. The van der Waals surface area contributed by atoms with E-state index in [4.69, 9.17) is 33.3 Å². The molecular formula is C28H29Cl2N5O2. The van der Waals surface area contributed by atoms with Crippen LogP contribution in [0, 0.1) is 5.41 Å². The molecule has 0 radical (unpaired) electrons. The van der Waals surface area contributed by atoms with Crippen molar-refractivity contribution in [2.24, 2.45) is 0 Å². The predicted octanol–water partition coefficient (Wildman–Crippen LogP) is 5.05. The van der Waals surface area contributed by atoms with E-state index < -0.39 is 0 Å². The van der Waals surface area contributed by atoms with Gasteiger partial charge in [0.25, 0.3) is 0 Å². The monoisotopic (exact) mass is 537 g/mol. The number of imidazole rings is 1. The van der Waals surface area contributed by atoms with Gasteiger partial charge in [0.1, 0.15) is 12.3 Å². The van der Waals surface area contributed by atoms with E-state index in [0.717, 1.165) is 24.1 Å². The number of rotatable bonds is 8. The van der Waals surface area contributed by atoms with Crippen molar-refractivity contribution in [1.29, 1.82) is 5.41 Å². The molecule has 4 aromatic rings. The molecule has 0 aliphatic carbocycles. The van der Waals surface area contributed by atoms with E-state index in [9.17, 15) is 4.79 Å². The van der Waals surface area contributed by atoms with E-state index in [1.165, 1.54) is 5.69 Å². The highest BCUT2D eigenvalue weighted by Crippen LogP contribution is 2.27. The first-order valence-corrected chi connectivity index (χ1v) is 13.1. The lowest BCUT2D eigenvalue weighted by Gasteiger charge is -2.36. The molecule has 0 atom stereocenters. The third-order valence-corrected chi connectivity index (χ3v) is 7.23. The first-order chi connectivity index (χ1) is 18.0. The van der Waals surface area contributed by atoms with E-state index >= 15 is 0 Å². The molecule has 192 valence electrons. The zero-order chi connectivity index (χ0) is 25.8. The van der Waals surface area contributed by atoms with Crippen LogP contribution in [0.5, 0.6) is 5.75 Å². The summed E-state index contributed by atoms with van der Waals surface area (Å²) in [5, 5.41) is 9.89. The molecule has 3 aromatic carbocycles. The van der Waals surface area contributed by atoms with Gasteiger partial charge in [-0.3, -0.25) is 10.2 Å². The molecule has 2 heterocycles. The van der Waals surface area contributed by atoms with Crippen LogP contribution in [-0.2, 0) is 17.9 Å². The number of para-hydroxylation sites is 3. The lowest BCUT2D eigenvalue weighted by Crippen LogP contribution is -2.50. The smallest absolute Gasteiger partial charge is 0.242 e. The Morgan fingerprint density at radius 1 is 0.865 bits per heavy atom. The number of nitrogens with zero attached hydrogens (tertiary/aromatic N) is 4. The minimum Gasteiger partial charge on any atom is -0.492 e. The standard InChI is InChI=1S/C28H29Cl2N5O2/c29-21-11-12-26(23(30)19-21)37-18-6-13-34-24-9-4-5-10-25(24)35(28(34)31)20-27(36)33-16-14-32(15-17-33)22-7-2-1-3-8-22/h1-5,7-12,19,31H,6,13-18,20H2. The van der Waals surface area contributed by atoms with Crippen LogP contribution in [0.25, 0.3) is 11.0 Å². The molecule has 1 aliphatic heterocycles. The molecule has 1 amide bonds. The summed E-state index contributed by atoms with van der Waals surface area (Å²) in [6.45, 7) is 4.12. The normalized spacial score (nSPS) is 13.8. The van der Waals surface area contributed by atoms with Crippen LogP contribution < -0.4 is 15.3 Å². The lowest BCUT2D eigenvalue weighted by molar-refractivity contribution is -0.132. The van der Waals surface area contributed by atoms with Crippen LogP contribution >= 0.6 is 23.2 Å². The van der Waals surface area contributed by atoms with Crippen molar-refractivity contribution in [3.8, 4) is 5.75 Å². The fraction of sp³-hybridized carbons (Fsp3) is 0.286. The van der Waals surface area contributed by atoms with Crippen molar-refractivity contribution >= 4 is 45.8 Å². The first kappa shape index (κ1) is 25.2. The second-order valence-corrected chi connectivity index (χ2v) is 9.87. The average molecular weight is 538 g/mol. The molecule has 1 aromatic heterocycles. The Bertz CT molecular complexity index is 1440. The second kappa shape index (κ2) is 11.3. The molecule has 0 bridgehead atoms. The van der Waals surface area contributed by atoms with E-state index in [-0.39, 0.29) is 12.5 Å². The van der Waals surface area contributed by atoms with Crippen molar-refractivity contribution in [3.63, 3.8) is 0 Å². The summed E-state index contributed by atoms with van der Waals surface area (Å²) in [5.41, 5.74) is 3.30. The fourth-order valence-electron chi connectivity index (χ4n) is 4.77.